The minimum atomic E-state index is -0.683. The Morgan fingerprint density at radius 1 is 1.19 bits per heavy atom. The van der Waals surface area contributed by atoms with E-state index in [2.05, 4.69) is 46.3 Å². The summed E-state index contributed by atoms with van der Waals surface area (Å²) >= 11 is 0. The number of likely N-dealkylation sites (tertiary alicyclic amines) is 1. The molecular formula is C25H46N8O3. The zero-order valence-electron chi connectivity index (χ0n) is 22.3. The molecular weight excluding hydrogens is 460 g/mol. The zero-order valence-corrected chi connectivity index (χ0v) is 22.3. The van der Waals surface area contributed by atoms with Crippen molar-refractivity contribution >= 4 is 17.7 Å². The molecule has 0 spiro atoms. The lowest BCUT2D eigenvalue weighted by molar-refractivity contribution is -0.139. The van der Waals surface area contributed by atoms with Gasteiger partial charge < -0.3 is 30.3 Å². The van der Waals surface area contributed by atoms with Gasteiger partial charge in [0.05, 0.1) is 18.9 Å². The van der Waals surface area contributed by atoms with Crippen LogP contribution in [-0.2, 0) is 20.9 Å². The molecule has 1 fully saturated rings. The van der Waals surface area contributed by atoms with Gasteiger partial charge in [-0.3, -0.25) is 19.7 Å². The number of imide groups is 1. The smallest absolute Gasteiger partial charge is 0.246 e. The van der Waals surface area contributed by atoms with E-state index in [4.69, 9.17) is 5.73 Å². The highest BCUT2D eigenvalue weighted by molar-refractivity contribution is 5.98. The number of hydrogen-bond acceptors (Lipinski definition) is 8. The van der Waals surface area contributed by atoms with E-state index in [1.165, 1.54) is 11.3 Å². The molecule has 0 aromatic carbocycles. The van der Waals surface area contributed by atoms with E-state index >= 15 is 0 Å². The van der Waals surface area contributed by atoms with Gasteiger partial charge >= 0.3 is 0 Å². The molecule has 0 unspecified atom stereocenters. The van der Waals surface area contributed by atoms with Crippen molar-refractivity contribution in [3.63, 3.8) is 0 Å². The van der Waals surface area contributed by atoms with Crippen LogP contribution in [0.2, 0.25) is 0 Å². The van der Waals surface area contributed by atoms with E-state index in [1.54, 1.807) is 18.7 Å². The van der Waals surface area contributed by atoms with E-state index in [0.29, 0.717) is 32.1 Å². The van der Waals surface area contributed by atoms with Gasteiger partial charge in [0.25, 0.3) is 0 Å². The second-order valence-corrected chi connectivity index (χ2v) is 9.55. The van der Waals surface area contributed by atoms with Crippen LogP contribution in [-0.4, -0.2) is 113 Å². The highest BCUT2D eigenvalue weighted by atomic mass is 16.2. The van der Waals surface area contributed by atoms with Crippen molar-refractivity contribution in [3.05, 3.63) is 18.7 Å². The second kappa shape index (κ2) is 16.4. The molecule has 0 radical (unpaired) electrons. The number of aromatic nitrogens is 2. The number of nitrogens with zero attached hydrogens (tertiary/aromatic N) is 5. The maximum Gasteiger partial charge on any atom is 0.246 e. The maximum atomic E-state index is 13.1. The summed E-state index contributed by atoms with van der Waals surface area (Å²) in [5.74, 6) is -1.18. The molecule has 2 atom stereocenters. The van der Waals surface area contributed by atoms with Crippen LogP contribution in [0.5, 0.6) is 0 Å². The van der Waals surface area contributed by atoms with Crippen LogP contribution >= 0.6 is 0 Å². The average Bonchev–Trinajstić information content (AvgIpc) is 3.53. The van der Waals surface area contributed by atoms with Gasteiger partial charge in [0.1, 0.15) is 6.54 Å². The molecule has 1 aromatic rings. The largest absolute Gasteiger partial charge is 0.336 e. The van der Waals surface area contributed by atoms with Crippen LogP contribution in [0, 0.1) is 0 Å². The Labute approximate surface area is 215 Å². The van der Waals surface area contributed by atoms with Crippen LogP contribution in [0.25, 0.3) is 0 Å². The third-order valence-corrected chi connectivity index (χ3v) is 6.92. The first kappa shape index (κ1) is 29.9. The summed E-state index contributed by atoms with van der Waals surface area (Å²) in [5, 5.41) is 5.46. The van der Waals surface area contributed by atoms with Crippen molar-refractivity contribution in [1.82, 2.24) is 34.9 Å². The van der Waals surface area contributed by atoms with Crippen LogP contribution in [0.3, 0.4) is 0 Å². The van der Waals surface area contributed by atoms with Gasteiger partial charge in [0.15, 0.2) is 0 Å². The van der Waals surface area contributed by atoms with Crippen molar-refractivity contribution in [3.8, 4) is 0 Å². The standard InChI is InChI=1S/C25H46N8O3/c1-4-31(5-2)14-7-11-27-18-23(34)29-24(35)19-33(17-16-32-15-12-28-20-32)25(36)22(26)10-9-21-8-6-13-30(21)3/h12,15,20-22,27H,4-11,13-14,16-19,26H2,1-3H3,(H,29,34,35)/t21-,22+/m1/s1. The van der Waals surface area contributed by atoms with Crippen LogP contribution in [0.4, 0.5) is 0 Å². The molecule has 3 amide bonds. The first-order chi connectivity index (χ1) is 17.3. The molecule has 204 valence electrons. The molecule has 1 aliphatic heterocycles. The quantitative estimate of drug-likeness (QED) is 0.250. The lowest BCUT2D eigenvalue weighted by Gasteiger charge is -2.26. The highest BCUT2D eigenvalue weighted by Crippen LogP contribution is 2.20. The van der Waals surface area contributed by atoms with E-state index in [1.807, 2.05) is 4.57 Å². The van der Waals surface area contributed by atoms with Crippen molar-refractivity contribution in [1.29, 1.82) is 0 Å². The maximum absolute atomic E-state index is 13.1. The molecule has 4 N–H and O–H groups in total. The third-order valence-electron chi connectivity index (χ3n) is 6.92. The van der Waals surface area contributed by atoms with Gasteiger partial charge in [-0.15, -0.1) is 0 Å². The fraction of sp³-hybridized carbons (Fsp3) is 0.760. The Bertz CT molecular complexity index is 784. The van der Waals surface area contributed by atoms with Crippen molar-refractivity contribution in [2.24, 2.45) is 5.73 Å². The molecule has 2 heterocycles. The number of hydrogen-bond donors (Lipinski definition) is 3. The van der Waals surface area contributed by atoms with Crippen molar-refractivity contribution in [2.45, 2.75) is 64.6 Å². The van der Waals surface area contributed by atoms with Gasteiger partial charge in [-0.25, -0.2) is 4.98 Å². The molecule has 11 nitrogen and oxygen atoms in total. The Morgan fingerprint density at radius 3 is 2.61 bits per heavy atom. The number of imidazole rings is 1. The van der Waals surface area contributed by atoms with Gasteiger partial charge in [-0.05, 0) is 71.9 Å². The Kier molecular flexibility index (Phi) is 13.6. The predicted octanol–water partition coefficient (Wildman–Crippen LogP) is -0.122. The van der Waals surface area contributed by atoms with Crippen LogP contribution in [0.1, 0.15) is 46.0 Å². The molecule has 1 saturated heterocycles. The first-order valence-electron chi connectivity index (χ1n) is 13.3. The fourth-order valence-corrected chi connectivity index (χ4v) is 4.58. The average molecular weight is 507 g/mol. The molecule has 11 heteroatoms. The van der Waals surface area contributed by atoms with Crippen LogP contribution in [0.15, 0.2) is 18.7 Å². The summed E-state index contributed by atoms with van der Waals surface area (Å²) in [7, 11) is 2.10. The molecule has 36 heavy (non-hydrogen) atoms. The van der Waals surface area contributed by atoms with Crippen molar-refractivity contribution < 1.29 is 14.4 Å². The lowest BCUT2D eigenvalue weighted by Crippen LogP contribution is -2.50. The number of nitrogens with one attached hydrogen (secondary N) is 2. The third kappa shape index (κ3) is 10.7. The van der Waals surface area contributed by atoms with Gasteiger partial charge in [-0.1, -0.05) is 13.8 Å². The Balaban J connectivity index is 1.81. The second-order valence-electron chi connectivity index (χ2n) is 9.55. The number of nitrogens with two attached hydrogens (primary N) is 1. The van der Waals surface area contributed by atoms with Gasteiger partial charge in [-0.2, -0.15) is 0 Å². The Hall–Kier alpha value is -2.34. The lowest BCUT2D eigenvalue weighted by atomic mass is 10.0. The summed E-state index contributed by atoms with van der Waals surface area (Å²) in [6, 6.07) is -0.235. The first-order valence-corrected chi connectivity index (χ1v) is 13.3. The van der Waals surface area contributed by atoms with Gasteiger partial charge in [0, 0.05) is 31.5 Å². The van der Waals surface area contributed by atoms with E-state index in [-0.39, 0.29) is 19.0 Å². The molecule has 2 rings (SSSR count). The topological polar surface area (TPSA) is 129 Å². The number of carbonyl (C=O) groups is 3. The summed E-state index contributed by atoms with van der Waals surface area (Å²) in [6.45, 7) is 9.62. The normalized spacial score (nSPS) is 16.9. The SMILES string of the molecule is CCN(CC)CCCNCC(=O)NC(=O)CN(CCn1ccnc1)C(=O)[C@@H](N)CC[C@H]1CCCN1C. The van der Waals surface area contributed by atoms with E-state index in [9.17, 15) is 14.4 Å². The number of rotatable bonds is 17. The minimum absolute atomic E-state index is 0.0569. The highest BCUT2D eigenvalue weighted by Gasteiger charge is 2.26. The molecule has 1 aromatic heterocycles. The fourth-order valence-electron chi connectivity index (χ4n) is 4.58. The molecule has 0 bridgehead atoms. The Morgan fingerprint density at radius 2 is 1.97 bits per heavy atom. The van der Waals surface area contributed by atoms with E-state index in [0.717, 1.165) is 45.4 Å². The molecule has 0 saturated carbocycles. The summed E-state index contributed by atoms with van der Waals surface area (Å²) in [4.78, 5) is 48.0. The van der Waals surface area contributed by atoms with Crippen LogP contribution < -0.4 is 16.4 Å². The molecule has 1 aliphatic rings. The number of amides is 3. The van der Waals surface area contributed by atoms with E-state index < -0.39 is 17.9 Å². The number of carbonyl (C=O) groups excluding carboxylic acids is 3. The predicted molar refractivity (Wildman–Crippen MR) is 140 cm³/mol. The van der Waals surface area contributed by atoms with Gasteiger partial charge in [0.2, 0.25) is 17.7 Å². The summed E-state index contributed by atoms with van der Waals surface area (Å²) < 4.78 is 1.84. The minimum Gasteiger partial charge on any atom is -0.336 e. The molecule has 0 aliphatic carbocycles. The zero-order chi connectivity index (χ0) is 26.3. The summed E-state index contributed by atoms with van der Waals surface area (Å²) in [5.41, 5.74) is 6.26. The monoisotopic (exact) mass is 506 g/mol. The van der Waals surface area contributed by atoms with Crippen molar-refractivity contribution in [2.75, 3.05) is 59.4 Å². The summed E-state index contributed by atoms with van der Waals surface area (Å²) in [6.07, 6.45) is 9.75.